The molecule has 0 radical (unpaired) electrons. The summed E-state index contributed by atoms with van der Waals surface area (Å²) in [7, 11) is 0. The van der Waals surface area contributed by atoms with Crippen LogP contribution in [0.4, 0.5) is 0 Å². The Kier molecular flexibility index (Phi) is 3.16. The Bertz CT molecular complexity index is 1100. The summed E-state index contributed by atoms with van der Waals surface area (Å²) in [6.45, 7) is 2.16. The van der Waals surface area contributed by atoms with Crippen LogP contribution in [0.3, 0.4) is 0 Å². The fourth-order valence-electron chi connectivity index (χ4n) is 2.79. The molecule has 0 saturated carbocycles. The Morgan fingerprint density at radius 1 is 1.09 bits per heavy atom. The first-order valence-electron chi connectivity index (χ1n) is 7.23. The number of hydrogen-bond donors (Lipinski definition) is 0. The van der Waals surface area contributed by atoms with Crippen molar-refractivity contribution in [2.24, 2.45) is 0 Å². The number of aryl methyl sites for hydroxylation is 1. The standard InChI is InChI=1S/C17H13ClN4O/c1-11-19-16-13-7-3-5-9-15(13)21(17(23)22(16)20-11)10-12-6-2-4-8-14(12)18/h2-9H,10H2,1H3. The number of benzene rings is 2. The zero-order valence-electron chi connectivity index (χ0n) is 12.4. The first kappa shape index (κ1) is 14.0. The number of aromatic nitrogens is 4. The molecule has 0 aliphatic carbocycles. The molecule has 0 fully saturated rings. The fourth-order valence-corrected chi connectivity index (χ4v) is 2.98. The van der Waals surface area contributed by atoms with Crippen molar-refractivity contribution in [1.82, 2.24) is 19.2 Å². The summed E-state index contributed by atoms with van der Waals surface area (Å²) in [5.41, 5.74) is 2.06. The van der Waals surface area contributed by atoms with Crippen LogP contribution in [-0.4, -0.2) is 19.2 Å². The lowest BCUT2D eigenvalue weighted by Gasteiger charge is -2.12. The Morgan fingerprint density at radius 3 is 2.65 bits per heavy atom. The predicted octanol–water partition coefficient (Wildman–Crippen LogP) is 3.05. The van der Waals surface area contributed by atoms with E-state index in [4.69, 9.17) is 11.6 Å². The van der Waals surface area contributed by atoms with Gasteiger partial charge in [-0.3, -0.25) is 4.57 Å². The lowest BCUT2D eigenvalue weighted by molar-refractivity contribution is 0.712. The quantitative estimate of drug-likeness (QED) is 0.569. The van der Waals surface area contributed by atoms with E-state index in [0.717, 1.165) is 16.5 Å². The van der Waals surface area contributed by atoms with Crippen molar-refractivity contribution in [3.63, 3.8) is 0 Å². The van der Waals surface area contributed by atoms with Crippen molar-refractivity contribution in [3.8, 4) is 0 Å². The van der Waals surface area contributed by atoms with Crippen LogP contribution in [0.15, 0.2) is 53.3 Å². The predicted molar refractivity (Wildman–Crippen MR) is 90.0 cm³/mol. The summed E-state index contributed by atoms with van der Waals surface area (Å²) in [5.74, 6) is 0.572. The normalized spacial score (nSPS) is 11.4. The van der Waals surface area contributed by atoms with Crippen LogP contribution in [0.5, 0.6) is 0 Å². The molecular weight excluding hydrogens is 312 g/mol. The number of nitrogens with zero attached hydrogens (tertiary/aromatic N) is 4. The summed E-state index contributed by atoms with van der Waals surface area (Å²) in [5, 5.41) is 5.75. The third kappa shape index (κ3) is 2.21. The summed E-state index contributed by atoms with van der Waals surface area (Å²) in [4.78, 5) is 17.2. The van der Waals surface area contributed by atoms with Crippen LogP contribution in [-0.2, 0) is 6.54 Å². The molecule has 114 valence electrons. The van der Waals surface area contributed by atoms with Gasteiger partial charge in [-0.15, -0.1) is 5.10 Å². The smallest absolute Gasteiger partial charge is 0.287 e. The SMILES string of the molecule is Cc1nc2c3ccccc3n(Cc3ccccc3Cl)c(=O)n2n1. The molecule has 23 heavy (non-hydrogen) atoms. The van der Waals surface area contributed by atoms with Gasteiger partial charge in [-0.05, 0) is 30.7 Å². The zero-order chi connectivity index (χ0) is 16.0. The highest BCUT2D eigenvalue weighted by Crippen LogP contribution is 2.20. The molecular formula is C17H13ClN4O. The topological polar surface area (TPSA) is 52.2 Å². The van der Waals surface area contributed by atoms with Crippen LogP contribution in [0, 0.1) is 6.92 Å². The molecule has 0 aliphatic heterocycles. The first-order chi connectivity index (χ1) is 11.1. The minimum atomic E-state index is -0.223. The van der Waals surface area contributed by atoms with Gasteiger partial charge in [-0.2, -0.15) is 4.52 Å². The molecule has 0 spiro atoms. The van der Waals surface area contributed by atoms with E-state index in [9.17, 15) is 4.79 Å². The summed E-state index contributed by atoms with van der Waals surface area (Å²) in [6.07, 6.45) is 0. The van der Waals surface area contributed by atoms with Crippen molar-refractivity contribution in [3.05, 3.63) is 75.4 Å². The van der Waals surface area contributed by atoms with Crippen molar-refractivity contribution < 1.29 is 0 Å². The van der Waals surface area contributed by atoms with Gasteiger partial charge in [0.25, 0.3) is 0 Å². The highest BCUT2D eigenvalue weighted by Gasteiger charge is 2.14. The minimum Gasteiger partial charge on any atom is -0.287 e. The van der Waals surface area contributed by atoms with Gasteiger partial charge in [0, 0.05) is 10.4 Å². The highest BCUT2D eigenvalue weighted by atomic mass is 35.5. The van der Waals surface area contributed by atoms with Gasteiger partial charge < -0.3 is 0 Å². The molecule has 0 amide bonds. The average molecular weight is 325 g/mol. The molecule has 0 bridgehead atoms. The molecule has 4 aromatic rings. The first-order valence-corrected chi connectivity index (χ1v) is 7.61. The van der Waals surface area contributed by atoms with Crippen LogP contribution in [0.1, 0.15) is 11.4 Å². The molecule has 2 heterocycles. The van der Waals surface area contributed by atoms with E-state index < -0.39 is 0 Å². The Hall–Kier alpha value is -2.66. The third-order valence-electron chi connectivity index (χ3n) is 3.85. The second kappa shape index (κ2) is 5.21. The van der Waals surface area contributed by atoms with Crippen LogP contribution >= 0.6 is 11.6 Å². The maximum Gasteiger partial charge on any atom is 0.351 e. The summed E-state index contributed by atoms with van der Waals surface area (Å²) < 4.78 is 3.03. The van der Waals surface area contributed by atoms with Crippen molar-refractivity contribution in [1.29, 1.82) is 0 Å². The molecule has 6 heteroatoms. The van der Waals surface area contributed by atoms with Gasteiger partial charge in [-0.1, -0.05) is 41.9 Å². The van der Waals surface area contributed by atoms with E-state index in [1.807, 2.05) is 48.5 Å². The lowest BCUT2D eigenvalue weighted by Crippen LogP contribution is -2.28. The molecule has 2 aromatic heterocycles. The fraction of sp³-hybridized carbons (Fsp3) is 0.118. The Balaban J connectivity index is 2.06. The number of para-hydroxylation sites is 1. The summed E-state index contributed by atoms with van der Waals surface area (Å²) >= 11 is 6.25. The monoisotopic (exact) mass is 324 g/mol. The maximum atomic E-state index is 12.9. The van der Waals surface area contributed by atoms with Gasteiger partial charge in [0.05, 0.1) is 12.1 Å². The number of halogens is 1. The molecule has 0 saturated heterocycles. The Labute approximate surface area is 136 Å². The second-order valence-corrected chi connectivity index (χ2v) is 5.78. The van der Waals surface area contributed by atoms with E-state index >= 15 is 0 Å². The molecule has 4 rings (SSSR count). The second-order valence-electron chi connectivity index (χ2n) is 5.37. The van der Waals surface area contributed by atoms with Crippen molar-refractivity contribution >= 4 is 28.2 Å². The van der Waals surface area contributed by atoms with Gasteiger partial charge in [0.15, 0.2) is 5.65 Å². The average Bonchev–Trinajstić information content (AvgIpc) is 2.95. The van der Waals surface area contributed by atoms with E-state index in [2.05, 4.69) is 10.1 Å². The summed E-state index contributed by atoms with van der Waals surface area (Å²) in [6, 6.07) is 15.2. The molecule has 2 aromatic carbocycles. The molecule has 0 unspecified atom stereocenters. The zero-order valence-corrected chi connectivity index (χ0v) is 13.2. The number of fused-ring (bicyclic) bond motifs is 3. The van der Waals surface area contributed by atoms with E-state index in [1.165, 1.54) is 4.52 Å². The largest absolute Gasteiger partial charge is 0.351 e. The van der Waals surface area contributed by atoms with Crippen molar-refractivity contribution in [2.75, 3.05) is 0 Å². The highest BCUT2D eigenvalue weighted by molar-refractivity contribution is 6.31. The van der Waals surface area contributed by atoms with Gasteiger partial charge in [0.2, 0.25) is 0 Å². The lowest BCUT2D eigenvalue weighted by atomic mass is 10.2. The molecule has 0 atom stereocenters. The van der Waals surface area contributed by atoms with Crippen LogP contribution in [0.2, 0.25) is 5.02 Å². The number of rotatable bonds is 2. The van der Waals surface area contributed by atoms with Crippen LogP contribution < -0.4 is 5.69 Å². The van der Waals surface area contributed by atoms with Gasteiger partial charge >= 0.3 is 5.69 Å². The maximum absolute atomic E-state index is 12.9. The molecule has 5 nitrogen and oxygen atoms in total. The van der Waals surface area contributed by atoms with Gasteiger partial charge in [0.1, 0.15) is 5.82 Å². The molecule has 0 aliphatic rings. The van der Waals surface area contributed by atoms with Gasteiger partial charge in [-0.25, -0.2) is 9.78 Å². The Morgan fingerprint density at radius 2 is 1.83 bits per heavy atom. The van der Waals surface area contributed by atoms with E-state index in [-0.39, 0.29) is 5.69 Å². The third-order valence-corrected chi connectivity index (χ3v) is 4.22. The van der Waals surface area contributed by atoms with Crippen molar-refractivity contribution in [2.45, 2.75) is 13.5 Å². The van der Waals surface area contributed by atoms with E-state index in [0.29, 0.717) is 23.0 Å². The van der Waals surface area contributed by atoms with Crippen LogP contribution in [0.25, 0.3) is 16.6 Å². The minimum absolute atomic E-state index is 0.223. The molecule has 0 N–H and O–H groups in total. The number of hydrogen-bond acceptors (Lipinski definition) is 3. The van der Waals surface area contributed by atoms with E-state index in [1.54, 1.807) is 11.5 Å².